The van der Waals surface area contributed by atoms with E-state index in [1.165, 1.54) is 6.07 Å². The van der Waals surface area contributed by atoms with Gasteiger partial charge < -0.3 is 15.0 Å². The summed E-state index contributed by atoms with van der Waals surface area (Å²) < 4.78 is 2.01. The number of amides is 1. The fraction of sp³-hybridized carbons (Fsp3) is 0.333. The molecule has 2 aromatic rings. The molecule has 0 radical (unpaired) electrons. The van der Waals surface area contributed by atoms with Crippen molar-refractivity contribution < 1.29 is 9.90 Å². The number of phenolic OH excluding ortho intramolecular Hbond substituents is 1. The largest absolute Gasteiger partial charge is 0.508 e. The van der Waals surface area contributed by atoms with E-state index in [9.17, 15) is 9.90 Å². The van der Waals surface area contributed by atoms with E-state index in [2.05, 4.69) is 10.3 Å². The van der Waals surface area contributed by atoms with Crippen molar-refractivity contribution in [2.45, 2.75) is 27.3 Å². The molecule has 0 atom stereocenters. The molecule has 0 bridgehead atoms. The van der Waals surface area contributed by atoms with Gasteiger partial charge in [0.2, 0.25) is 0 Å². The Morgan fingerprint density at radius 2 is 2.10 bits per heavy atom. The van der Waals surface area contributed by atoms with Crippen molar-refractivity contribution in [3.05, 3.63) is 47.0 Å². The minimum Gasteiger partial charge on any atom is -0.508 e. The van der Waals surface area contributed by atoms with Crippen molar-refractivity contribution in [2.75, 3.05) is 6.54 Å². The van der Waals surface area contributed by atoms with Crippen LogP contribution in [0.4, 0.5) is 0 Å². The second kappa shape index (κ2) is 5.77. The first-order valence-corrected chi connectivity index (χ1v) is 6.55. The maximum absolute atomic E-state index is 12.0. The zero-order valence-electron chi connectivity index (χ0n) is 12.0. The average molecular weight is 273 g/mol. The van der Waals surface area contributed by atoms with Gasteiger partial charge in [-0.15, -0.1) is 0 Å². The Morgan fingerprint density at radius 1 is 1.35 bits per heavy atom. The summed E-state index contributed by atoms with van der Waals surface area (Å²) in [6.07, 6.45) is 1.78. The third kappa shape index (κ3) is 2.99. The monoisotopic (exact) mass is 273 g/mol. The van der Waals surface area contributed by atoms with Gasteiger partial charge in [0, 0.05) is 24.3 Å². The first-order valence-electron chi connectivity index (χ1n) is 6.55. The predicted octanol–water partition coefficient (Wildman–Crippen LogP) is 1.94. The van der Waals surface area contributed by atoms with E-state index in [-0.39, 0.29) is 11.7 Å². The van der Waals surface area contributed by atoms with E-state index in [0.717, 1.165) is 11.4 Å². The first-order chi connectivity index (χ1) is 9.49. The smallest absolute Gasteiger partial charge is 0.251 e. The molecule has 20 heavy (non-hydrogen) atoms. The Kier molecular flexibility index (Phi) is 4.08. The van der Waals surface area contributed by atoms with E-state index in [4.69, 9.17) is 0 Å². The molecule has 0 saturated heterocycles. The summed E-state index contributed by atoms with van der Waals surface area (Å²) in [4.78, 5) is 16.2. The second-order valence-electron chi connectivity index (χ2n) is 4.87. The Hall–Kier alpha value is -2.30. The number of hydrogen-bond acceptors (Lipinski definition) is 3. The highest BCUT2D eigenvalue weighted by Crippen LogP contribution is 2.16. The van der Waals surface area contributed by atoms with E-state index >= 15 is 0 Å². The Morgan fingerprint density at radius 3 is 2.70 bits per heavy atom. The number of benzene rings is 1. The number of nitrogens with one attached hydrogen (secondary N) is 1. The molecule has 0 aliphatic heterocycles. The number of rotatable bonds is 4. The van der Waals surface area contributed by atoms with E-state index in [1.807, 2.05) is 18.4 Å². The fourth-order valence-corrected chi connectivity index (χ4v) is 1.96. The standard InChI is InChI=1S/C15H19N3O2/c1-10-8-13(4-5-14(10)19)15(20)16-6-7-18-9-17-11(2)12(18)3/h4-5,8-9,19H,6-7H2,1-3H3,(H,16,20). The fourth-order valence-electron chi connectivity index (χ4n) is 1.96. The molecule has 106 valence electrons. The number of phenols is 1. The van der Waals surface area contributed by atoms with Gasteiger partial charge in [0.1, 0.15) is 5.75 Å². The molecular formula is C15H19N3O2. The lowest BCUT2D eigenvalue weighted by Crippen LogP contribution is -2.27. The molecule has 0 fully saturated rings. The van der Waals surface area contributed by atoms with Crippen molar-refractivity contribution in [2.24, 2.45) is 0 Å². The molecule has 0 spiro atoms. The van der Waals surface area contributed by atoms with Crippen molar-refractivity contribution in [1.82, 2.24) is 14.9 Å². The van der Waals surface area contributed by atoms with Crippen LogP contribution in [0.5, 0.6) is 5.75 Å². The van der Waals surface area contributed by atoms with E-state index < -0.39 is 0 Å². The highest BCUT2D eigenvalue weighted by atomic mass is 16.3. The predicted molar refractivity (Wildman–Crippen MR) is 76.9 cm³/mol. The van der Waals surface area contributed by atoms with Crippen LogP contribution in [0.15, 0.2) is 24.5 Å². The number of imidazole rings is 1. The quantitative estimate of drug-likeness (QED) is 0.894. The SMILES string of the molecule is Cc1cc(C(=O)NCCn2cnc(C)c2C)ccc1O. The van der Waals surface area contributed by atoms with Crippen molar-refractivity contribution >= 4 is 5.91 Å². The van der Waals surface area contributed by atoms with Crippen molar-refractivity contribution in [1.29, 1.82) is 0 Å². The van der Waals surface area contributed by atoms with Crippen molar-refractivity contribution in [3.63, 3.8) is 0 Å². The van der Waals surface area contributed by atoms with Crippen molar-refractivity contribution in [3.8, 4) is 5.75 Å². The lowest BCUT2D eigenvalue weighted by Gasteiger charge is -2.08. The van der Waals surface area contributed by atoms with Gasteiger partial charge in [-0.05, 0) is 44.5 Å². The molecule has 2 rings (SSSR count). The minimum absolute atomic E-state index is 0.136. The third-order valence-electron chi connectivity index (χ3n) is 3.44. The highest BCUT2D eigenvalue weighted by molar-refractivity contribution is 5.94. The van der Waals surface area contributed by atoms with Crippen LogP contribution in [-0.4, -0.2) is 27.1 Å². The van der Waals surface area contributed by atoms with Crippen LogP contribution < -0.4 is 5.32 Å². The topological polar surface area (TPSA) is 67.2 Å². The first kappa shape index (κ1) is 14.1. The average Bonchev–Trinajstić information content (AvgIpc) is 2.73. The molecule has 5 nitrogen and oxygen atoms in total. The molecule has 2 N–H and O–H groups in total. The summed E-state index contributed by atoms with van der Waals surface area (Å²) in [5, 5.41) is 12.3. The summed E-state index contributed by atoms with van der Waals surface area (Å²) in [5.41, 5.74) is 3.36. The van der Waals surface area contributed by atoms with Crippen LogP contribution in [0.25, 0.3) is 0 Å². The molecule has 1 aromatic carbocycles. The zero-order valence-corrected chi connectivity index (χ0v) is 12.0. The van der Waals surface area contributed by atoms with Gasteiger partial charge >= 0.3 is 0 Å². The lowest BCUT2D eigenvalue weighted by molar-refractivity contribution is 0.0952. The normalized spacial score (nSPS) is 10.6. The van der Waals surface area contributed by atoms with Crippen LogP contribution in [0.1, 0.15) is 27.3 Å². The van der Waals surface area contributed by atoms with Crippen LogP contribution in [0, 0.1) is 20.8 Å². The second-order valence-corrected chi connectivity index (χ2v) is 4.87. The van der Waals surface area contributed by atoms with Gasteiger partial charge in [-0.2, -0.15) is 0 Å². The molecule has 5 heteroatoms. The molecule has 0 aliphatic rings. The molecular weight excluding hydrogens is 254 g/mol. The maximum Gasteiger partial charge on any atom is 0.251 e. The number of aryl methyl sites for hydroxylation is 2. The maximum atomic E-state index is 12.0. The summed E-state index contributed by atoms with van der Waals surface area (Å²) >= 11 is 0. The molecule has 1 heterocycles. The molecule has 0 saturated carbocycles. The van der Waals surface area contributed by atoms with Crippen LogP contribution in [0.2, 0.25) is 0 Å². The summed E-state index contributed by atoms with van der Waals surface area (Å²) in [7, 11) is 0. The Balaban J connectivity index is 1.92. The van der Waals surface area contributed by atoms with Gasteiger partial charge in [-0.3, -0.25) is 4.79 Å². The zero-order chi connectivity index (χ0) is 14.7. The summed E-state index contributed by atoms with van der Waals surface area (Å²) in [5.74, 6) is 0.0636. The molecule has 1 aromatic heterocycles. The Labute approximate surface area is 118 Å². The van der Waals surface area contributed by atoms with Gasteiger partial charge in [0.05, 0.1) is 12.0 Å². The number of nitrogens with zero attached hydrogens (tertiary/aromatic N) is 2. The highest BCUT2D eigenvalue weighted by Gasteiger charge is 2.07. The number of carbonyl (C=O) groups is 1. The van der Waals surface area contributed by atoms with Crippen LogP contribution in [-0.2, 0) is 6.54 Å². The van der Waals surface area contributed by atoms with Gasteiger partial charge in [0.25, 0.3) is 5.91 Å². The number of aromatic hydroxyl groups is 1. The third-order valence-corrected chi connectivity index (χ3v) is 3.44. The molecule has 0 unspecified atom stereocenters. The van der Waals surface area contributed by atoms with Gasteiger partial charge in [-0.25, -0.2) is 4.98 Å². The van der Waals surface area contributed by atoms with Gasteiger partial charge in [-0.1, -0.05) is 0 Å². The van der Waals surface area contributed by atoms with Crippen LogP contribution in [0.3, 0.4) is 0 Å². The summed E-state index contributed by atoms with van der Waals surface area (Å²) in [6, 6.07) is 4.83. The summed E-state index contributed by atoms with van der Waals surface area (Å²) in [6.45, 7) is 6.96. The molecule has 1 amide bonds. The van der Waals surface area contributed by atoms with E-state index in [1.54, 1.807) is 25.4 Å². The van der Waals surface area contributed by atoms with E-state index in [0.29, 0.717) is 24.2 Å². The molecule has 0 aliphatic carbocycles. The number of hydrogen-bond donors (Lipinski definition) is 2. The van der Waals surface area contributed by atoms with Gasteiger partial charge in [0.15, 0.2) is 0 Å². The number of carbonyl (C=O) groups excluding carboxylic acids is 1. The lowest BCUT2D eigenvalue weighted by atomic mass is 10.1. The van der Waals surface area contributed by atoms with Crippen LogP contribution >= 0.6 is 0 Å². The Bertz CT molecular complexity index is 632. The number of aromatic nitrogens is 2. The minimum atomic E-state index is -0.136.